The van der Waals surface area contributed by atoms with Crippen molar-refractivity contribution in [3.05, 3.63) is 45.9 Å². The van der Waals surface area contributed by atoms with Crippen LogP contribution in [0.3, 0.4) is 0 Å². The van der Waals surface area contributed by atoms with Gasteiger partial charge in [0.2, 0.25) is 0 Å². The molecule has 0 saturated heterocycles. The topological polar surface area (TPSA) is 34.0 Å². The van der Waals surface area contributed by atoms with Crippen molar-refractivity contribution < 1.29 is 0 Å². The zero-order valence-electron chi connectivity index (χ0n) is 14.8. The number of rotatable bonds is 3. The van der Waals surface area contributed by atoms with Crippen molar-refractivity contribution in [3.63, 3.8) is 0 Å². The summed E-state index contributed by atoms with van der Waals surface area (Å²) in [6.07, 6.45) is 1.77. The van der Waals surface area contributed by atoms with E-state index in [4.69, 9.17) is 16.6 Å². The Morgan fingerprint density at radius 3 is 2.60 bits per heavy atom. The highest BCUT2D eigenvalue weighted by molar-refractivity contribution is 9.10. The lowest BCUT2D eigenvalue weighted by molar-refractivity contribution is 0.526. The highest BCUT2D eigenvalue weighted by Gasteiger charge is 2.21. The molecule has 25 heavy (non-hydrogen) atoms. The second-order valence-corrected chi connectivity index (χ2v) is 9.36. The summed E-state index contributed by atoms with van der Waals surface area (Å²) in [6.45, 7) is 6.55. The van der Waals surface area contributed by atoms with Crippen LogP contribution in [0.2, 0.25) is 5.15 Å². The third-order valence-electron chi connectivity index (χ3n) is 3.91. The first-order valence-corrected chi connectivity index (χ1v) is 9.81. The van der Waals surface area contributed by atoms with Gasteiger partial charge in [-0.05, 0) is 52.1 Å². The van der Waals surface area contributed by atoms with E-state index in [1.807, 2.05) is 13.1 Å². The number of aromatic nitrogens is 3. The Morgan fingerprint density at radius 2 is 1.96 bits per heavy atom. The maximum absolute atomic E-state index is 5.96. The van der Waals surface area contributed by atoms with Crippen LogP contribution in [0.1, 0.15) is 26.6 Å². The second-order valence-electron chi connectivity index (χ2n) is 6.95. The monoisotopic (exact) mass is 438 g/mol. The first-order valence-electron chi connectivity index (χ1n) is 7.86. The number of halogens is 2. The normalized spacial score (nSPS) is 12.0. The van der Waals surface area contributed by atoms with Gasteiger partial charge in [0.15, 0.2) is 0 Å². The molecule has 1 aromatic carbocycles. The summed E-state index contributed by atoms with van der Waals surface area (Å²) < 4.78 is 5.07. The van der Waals surface area contributed by atoms with E-state index in [0.717, 1.165) is 31.9 Å². The van der Waals surface area contributed by atoms with Gasteiger partial charge >= 0.3 is 0 Å². The van der Waals surface area contributed by atoms with Gasteiger partial charge in [0, 0.05) is 36.3 Å². The quantitative estimate of drug-likeness (QED) is 0.380. The zero-order valence-corrected chi connectivity index (χ0v) is 18.0. The van der Waals surface area contributed by atoms with Crippen molar-refractivity contribution in [1.29, 1.82) is 0 Å². The molecule has 7 heteroatoms. The molecule has 0 aliphatic carbocycles. The molecule has 0 saturated carbocycles. The zero-order chi connectivity index (χ0) is 18.4. The molecule has 0 atom stereocenters. The molecule has 0 bridgehead atoms. The van der Waals surface area contributed by atoms with Crippen LogP contribution in [0.5, 0.6) is 0 Å². The van der Waals surface area contributed by atoms with E-state index in [9.17, 15) is 0 Å². The molecule has 0 unspecified atom stereocenters. The van der Waals surface area contributed by atoms with Gasteiger partial charge in [-0.3, -0.25) is 0 Å². The number of nitrogens with zero attached hydrogens (tertiary/aromatic N) is 4. The van der Waals surface area contributed by atoms with Gasteiger partial charge in [-0.25, -0.2) is 9.97 Å². The number of anilines is 1. The average Bonchev–Trinajstić information content (AvgIpc) is 2.87. The second kappa shape index (κ2) is 6.82. The lowest BCUT2D eigenvalue weighted by atomic mass is 9.96. The first kappa shape index (κ1) is 18.5. The Kier molecular flexibility index (Phi) is 5.06. The van der Waals surface area contributed by atoms with Gasteiger partial charge in [0.05, 0.1) is 15.5 Å². The van der Waals surface area contributed by atoms with Gasteiger partial charge in [-0.1, -0.05) is 32.4 Å². The largest absolute Gasteiger partial charge is 0.331 e. The van der Waals surface area contributed by atoms with Crippen molar-refractivity contribution in [2.75, 3.05) is 11.4 Å². The lowest BCUT2D eigenvalue weighted by Crippen LogP contribution is -2.17. The standard InChI is InChI=1S/C18H20BrClN4S/c1-18(2,3)17-22-14-8-11(6-7-15(14)23(17)4)24(5)25-12-9-13(19)16(20)21-10-12/h6-10H,1-5H3. The van der Waals surface area contributed by atoms with E-state index in [2.05, 4.69) is 75.8 Å². The van der Waals surface area contributed by atoms with E-state index in [1.54, 1.807) is 18.1 Å². The van der Waals surface area contributed by atoms with Gasteiger partial charge in [-0.2, -0.15) is 0 Å². The van der Waals surface area contributed by atoms with Crippen molar-refractivity contribution in [2.45, 2.75) is 31.1 Å². The fourth-order valence-electron chi connectivity index (χ4n) is 2.72. The van der Waals surface area contributed by atoms with E-state index < -0.39 is 0 Å². The summed E-state index contributed by atoms with van der Waals surface area (Å²) in [5, 5.41) is 0.469. The average molecular weight is 440 g/mol. The first-order chi connectivity index (χ1) is 11.7. The molecule has 0 spiro atoms. The van der Waals surface area contributed by atoms with E-state index in [0.29, 0.717) is 5.15 Å². The minimum atomic E-state index is 0.00976. The van der Waals surface area contributed by atoms with E-state index in [-0.39, 0.29) is 5.41 Å². The smallest absolute Gasteiger partial charge is 0.143 e. The SMILES string of the molecule is CN(Sc1cnc(Cl)c(Br)c1)c1ccc2c(c1)nc(C(C)(C)C)n2C. The van der Waals surface area contributed by atoms with Crippen LogP contribution >= 0.6 is 39.5 Å². The van der Waals surface area contributed by atoms with Crippen LogP contribution in [-0.2, 0) is 12.5 Å². The van der Waals surface area contributed by atoms with Crippen LogP contribution in [-0.4, -0.2) is 21.6 Å². The number of pyridine rings is 1. The maximum atomic E-state index is 5.96. The molecule has 0 amide bonds. The molecule has 0 fully saturated rings. The molecule has 0 aliphatic rings. The molecule has 2 heterocycles. The predicted molar refractivity (Wildman–Crippen MR) is 111 cm³/mol. The van der Waals surface area contributed by atoms with E-state index >= 15 is 0 Å². The number of hydrogen-bond donors (Lipinski definition) is 0. The van der Waals surface area contributed by atoms with Gasteiger partial charge in [0.1, 0.15) is 11.0 Å². The molecule has 2 aromatic heterocycles. The minimum absolute atomic E-state index is 0.00976. The van der Waals surface area contributed by atoms with Crippen molar-refractivity contribution in [1.82, 2.24) is 14.5 Å². The molecule has 132 valence electrons. The molecule has 0 radical (unpaired) electrons. The predicted octanol–water partition coefficient (Wildman–Crippen LogP) is 5.83. The summed E-state index contributed by atoms with van der Waals surface area (Å²) in [4.78, 5) is 10.0. The number of aryl methyl sites for hydroxylation is 1. The van der Waals surface area contributed by atoms with Gasteiger partial charge in [0.25, 0.3) is 0 Å². The Labute approximate surface area is 165 Å². The van der Waals surface area contributed by atoms with Crippen LogP contribution in [0, 0.1) is 0 Å². The Hall–Kier alpha value is -1.24. The molecular formula is C18H20BrClN4S. The number of fused-ring (bicyclic) bond motifs is 1. The minimum Gasteiger partial charge on any atom is -0.331 e. The Morgan fingerprint density at radius 1 is 1.24 bits per heavy atom. The highest BCUT2D eigenvalue weighted by Crippen LogP contribution is 2.33. The van der Waals surface area contributed by atoms with Gasteiger partial charge < -0.3 is 8.87 Å². The van der Waals surface area contributed by atoms with Crippen LogP contribution in [0.25, 0.3) is 11.0 Å². The molecular weight excluding hydrogens is 420 g/mol. The van der Waals surface area contributed by atoms with Crippen LogP contribution in [0.15, 0.2) is 39.8 Å². The summed E-state index contributed by atoms with van der Waals surface area (Å²) in [5.41, 5.74) is 3.24. The van der Waals surface area contributed by atoms with Crippen molar-refractivity contribution in [2.24, 2.45) is 7.05 Å². The molecule has 3 rings (SSSR count). The fourth-order valence-corrected chi connectivity index (χ4v) is 4.13. The fraction of sp³-hybridized carbons (Fsp3) is 0.333. The van der Waals surface area contributed by atoms with Crippen molar-refractivity contribution >= 4 is 56.2 Å². The molecule has 0 N–H and O–H groups in total. The number of hydrogen-bond acceptors (Lipinski definition) is 4. The highest BCUT2D eigenvalue weighted by atomic mass is 79.9. The molecule has 4 nitrogen and oxygen atoms in total. The summed E-state index contributed by atoms with van der Waals surface area (Å²) in [7, 11) is 4.10. The van der Waals surface area contributed by atoms with Gasteiger partial charge in [-0.15, -0.1) is 0 Å². The Balaban J connectivity index is 1.91. The van der Waals surface area contributed by atoms with Crippen LogP contribution < -0.4 is 4.31 Å². The summed E-state index contributed by atoms with van der Waals surface area (Å²) in [6, 6.07) is 8.32. The van der Waals surface area contributed by atoms with Crippen molar-refractivity contribution in [3.8, 4) is 0 Å². The van der Waals surface area contributed by atoms with Crippen LogP contribution in [0.4, 0.5) is 5.69 Å². The van der Waals surface area contributed by atoms with E-state index in [1.165, 1.54) is 0 Å². The number of benzene rings is 1. The summed E-state index contributed by atoms with van der Waals surface area (Å²) in [5.74, 6) is 1.08. The Bertz CT molecular complexity index is 933. The third kappa shape index (κ3) is 3.81. The molecule has 0 aliphatic heterocycles. The molecule has 3 aromatic rings. The lowest BCUT2D eigenvalue weighted by Gasteiger charge is -2.18. The summed E-state index contributed by atoms with van der Waals surface area (Å²) >= 11 is 11.0. The third-order valence-corrected chi connectivity index (χ3v) is 5.97. The maximum Gasteiger partial charge on any atom is 0.143 e. The number of imidazole rings is 1.